The highest BCUT2D eigenvalue weighted by Gasteiger charge is 2.36. The molecule has 0 radical (unpaired) electrons. The molecule has 0 unspecified atom stereocenters. The molecule has 1 aromatic carbocycles. The zero-order valence-electron chi connectivity index (χ0n) is 12.4. The van der Waals surface area contributed by atoms with E-state index in [1.54, 1.807) is 12.1 Å². The van der Waals surface area contributed by atoms with Crippen LogP contribution in [-0.4, -0.2) is 12.1 Å². The van der Waals surface area contributed by atoms with E-state index >= 15 is 0 Å². The van der Waals surface area contributed by atoms with Gasteiger partial charge in [0, 0.05) is 12.3 Å². The van der Waals surface area contributed by atoms with Crippen LogP contribution in [0.4, 0.5) is 0 Å². The Morgan fingerprint density at radius 2 is 2.10 bits per heavy atom. The number of allylic oxidation sites excluding steroid dienone is 1. The highest BCUT2D eigenvalue weighted by Crippen LogP contribution is 2.38. The molecule has 0 aromatic heterocycles. The maximum absolute atomic E-state index is 12.2. The van der Waals surface area contributed by atoms with Crippen LogP contribution in [0.3, 0.4) is 0 Å². The van der Waals surface area contributed by atoms with Crippen LogP contribution < -0.4 is 0 Å². The summed E-state index contributed by atoms with van der Waals surface area (Å²) >= 11 is 0. The zero-order valence-corrected chi connectivity index (χ0v) is 12.4. The van der Waals surface area contributed by atoms with Crippen LogP contribution in [0.1, 0.15) is 43.0 Å². The van der Waals surface area contributed by atoms with E-state index in [4.69, 9.17) is 10.00 Å². The summed E-state index contributed by atoms with van der Waals surface area (Å²) in [5.41, 5.74) is 1.64. The van der Waals surface area contributed by atoms with E-state index in [1.807, 2.05) is 25.1 Å². The number of carbonyl (C=O) groups excluding carboxylic acids is 1. The minimum atomic E-state index is -0.300. The third kappa shape index (κ3) is 3.72. The maximum Gasteiger partial charge on any atom is 0.338 e. The lowest BCUT2D eigenvalue weighted by Gasteiger charge is -2.37. The molecule has 21 heavy (non-hydrogen) atoms. The van der Waals surface area contributed by atoms with E-state index in [0.29, 0.717) is 12.0 Å². The molecule has 1 saturated carbocycles. The second-order valence-electron chi connectivity index (χ2n) is 5.72. The van der Waals surface area contributed by atoms with Crippen molar-refractivity contribution in [2.24, 2.45) is 11.8 Å². The number of hydrogen-bond acceptors (Lipinski definition) is 3. The monoisotopic (exact) mass is 283 g/mol. The van der Waals surface area contributed by atoms with Gasteiger partial charge in [-0.3, -0.25) is 0 Å². The molecule has 1 aromatic rings. The minimum absolute atomic E-state index is 0.0638. The Hall–Kier alpha value is -2.08. The number of carbonyl (C=O) groups is 1. The summed E-state index contributed by atoms with van der Waals surface area (Å²) in [6.07, 6.45) is 3.08. The van der Waals surface area contributed by atoms with Gasteiger partial charge in [0.15, 0.2) is 0 Å². The predicted octanol–water partition coefficient (Wildman–Crippen LogP) is 4.12. The van der Waals surface area contributed by atoms with Gasteiger partial charge < -0.3 is 4.74 Å². The summed E-state index contributed by atoms with van der Waals surface area (Å²) in [6.45, 7) is 6.03. The smallest absolute Gasteiger partial charge is 0.338 e. The van der Waals surface area contributed by atoms with Crippen LogP contribution in [0.2, 0.25) is 0 Å². The summed E-state index contributed by atoms with van der Waals surface area (Å²) in [6, 6.07) is 11.2. The van der Waals surface area contributed by atoms with Crippen LogP contribution in [0, 0.1) is 23.2 Å². The number of esters is 1. The first-order chi connectivity index (χ1) is 10.1. The molecule has 0 saturated heterocycles. The Morgan fingerprint density at radius 1 is 1.38 bits per heavy atom. The highest BCUT2D eigenvalue weighted by molar-refractivity contribution is 5.89. The number of rotatable bonds is 4. The zero-order chi connectivity index (χ0) is 15.2. The van der Waals surface area contributed by atoms with E-state index in [2.05, 4.69) is 12.6 Å². The van der Waals surface area contributed by atoms with Gasteiger partial charge in [-0.1, -0.05) is 30.4 Å². The van der Waals surface area contributed by atoms with Crippen LogP contribution >= 0.6 is 0 Å². The Bertz CT molecular complexity index is 544. The molecule has 1 aliphatic carbocycles. The van der Waals surface area contributed by atoms with Gasteiger partial charge in [-0.05, 0) is 44.2 Å². The van der Waals surface area contributed by atoms with Gasteiger partial charge in [-0.25, -0.2) is 4.79 Å². The Kier molecular flexibility index (Phi) is 5.16. The molecule has 2 rings (SSSR count). The van der Waals surface area contributed by atoms with Gasteiger partial charge in [-0.2, -0.15) is 5.26 Å². The fourth-order valence-corrected chi connectivity index (χ4v) is 3.14. The Balaban J connectivity index is 2.11. The minimum Gasteiger partial charge on any atom is -0.458 e. The molecule has 0 N–H and O–H groups in total. The molecule has 110 valence electrons. The highest BCUT2D eigenvalue weighted by atomic mass is 16.5. The van der Waals surface area contributed by atoms with Crippen molar-refractivity contribution in [3.8, 4) is 6.07 Å². The normalized spacial score (nSPS) is 24.9. The van der Waals surface area contributed by atoms with Crippen molar-refractivity contribution in [3.63, 3.8) is 0 Å². The third-order valence-electron chi connectivity index (χ3n) is 4.23. The van der Waals surface area contributed by atoms with Gasteiger partial charge in [0.1, 0.15) is 6.10 Å². The Labute approximate surface area is 126 Å². The molecule has 0 aliphatic heterocycles. The van der Waals surface area contributed by atoms with Crippen molar-refractivity contribution in [1.29, 1.82) is 5.26 Å². The number of ether oxygens (including phenoxy) is 1. The number of nitrogens with zero attached hydrogens (tertiary/aromatic N) is 1. The quantitative estimate of drug-likeness (QED) is 0.617. The average Bonchev–Trinajstić information content (AvgIpc) is 2.49. The van der Waals surface area contributed by atoms with Gasteiger partial charge >= 0.3 is 5.97 Å². The SMILES string of the molecule is C=C(C)[C@@H]1CCC[C@@H](OC(=O)c2ccccc2)[C@H]1CC#N. The van der Waals surface area contributed by atoms with Crippen LogP contribution in [0.5, 0.6) is 0 Å². The first kappa shape index (κ1) is 15.3. The van der Waals surface area contributed by atoms with Crippen molar-refractivity contribution in [1.82, 2.24) is 0 Å². The molecule has 0 spiro atoms. The number of benzene rings is 1. The first-order valence-corrected chi connectivity index (χ1v) is 7.42. The lowest BCUT2D eigenvalue weighted by atomic mass is 9.73. The van der Waals surface area contributed by atoms with Crippen molar-refractivity contribution in [3.05, 3.63) is 48.0 Å². The number of hydrogen-bond donors (Lipinski definition) is 0. The van der Waals surface area contributed by atoms with Crippen molar-refractivity contribution < 1.29 is 9.53 Å². The number of nitriles is 1. The summed E-state index contributed by atoms with van der Waals surface area (Å²) in [5.74, 6) is 0.0341. The van der Waals surface area contributed by atoms with Crippen LogP contribution in [-0.2, 0) is 4.74 Å². The fourth-order valence-electron chi connectivity index (χ4n) is 3.14. The molecule has 3 atom stereocenters. The molecule has 0 bridgehead atoms. The van der Waals surface area contributed by atoms with Crippen molar-refractivity contribution >= 4 is 5.97 Å². The summed E-state index contributed by atoms with van der Waals surface area (Å²) in [7, 11) is 0. The predicted molar refractivity (Wildman–Crippen MR) is 81.5 cm³/mol. The average molecular weight is 283 g/mol. The summed E-state index contributed by atoms with van der Waals surface area (Å²) in [4.78, 5) is 12.2. The molecule has 0 heterocycles. The summed E-state index contributed by atoms with van der Waals surface area (Å²) in [5, 5.41) is 9.07. The molecular formula is C18H21NO2. The largest absolute Gasteiger partial charge is 0.458 e. The van der Waals surface area contributed by atoms with Crippen molar-refractivity contribution in [2.75, 3.05) is 0 Å². The molecule has 0 amide bonds. The van der Waals surface area contributed by atoms with E-state index < -0.39 is 0 Å². The molecule has 1 aliphatic rings. The lowest BCUT2D eigenvalue weighted by molar-refractivity contribution is -0.00792. The van der Waals surface area contributed by atoms with E-state index in [-0.39, 0.29) is 23.9 Å². The Morgan fingerprint density at radius 3 is 2.71 bits per heavy atom. The maximum atomic E-state index is 12.2. The van der Waals surface area contributed by atoms with Gasteiger partial charge in [-0.15, -0.1) is 0 Å². The molecule has 1 fully saturated rings. The van der Waals surface area contributed by atoms with Crippen molar-refractivity contribution in [2.45, 2.75) is 38.7 Å². The van der Waals surface area contributed by atoms with E-state index in [0.717, 1.165) is 24.8 Å². The second-order valence-corrected chi connectivity index (χ2v) is 5.72. The topological polar surface area (TPSA) is 50.1 Å². The van der Waals surface area contributed by atoms with E-state index in [9.17, 15) is 4.79 Å². The van der Waals surface area contributed by atoms with Crippen LogP contribution in [0.15, 0.2) is 42.5 Å². The summed E-state index contributed by atoms with van der Waals surface area (Å²) < 4.78 is 5.69. The van der Waals surface area contributed by atoms with Gasteiger partial charge in [0.2, 0.25) is 0 Å². The van der Waals surface area contributed by atoms with E-state index in [1.165, 1.54) is 0 Å². The van der Waals surface area contributed by atoms with Gasteiger partial charge in [0.25, 0.3) is 0 Å². The first-order valence-electron chi connectivity index (χ1n) is 7.42. The van der Waals surface area contributed by atoms with Gasteiger partial charge in [0.05, 0.1) is 11.6 Å². The second kappa shape index (κ2) is 7.08. The molecule has 3 heteroatoms. The van der Waals surface area contributed by atoms with Crippen LogP contribution in [0.25, 0.3) is 0 Å². The molecule has 3 nitrogen and oxygen atoms in total. The fraction of sp³-hybridized carbons (Fsp3) is 0.444. The standard InChI is InChI=1S/C18H21NO2/c1-13(2)15-9-6-10-17(16(15)11-12-19)21-18(20)14-7-4-3-5-8-14/h3-5,7-8,15-17H,1,6,9-11H2,2H3/t15-,16-,17+/m0/s1. The molecular weight excluding hydrogens is 262 g/mol. The third-order valence-corrected chi connectivity index (χ3v) is 4.23. The lowest BCUT2D eigenvalue weighted by Crippen LogP contribution is -2.36.